The maximum Gasteiger partial charge on any atom is 0.137 e. The zero-order chi connectivity index (χ0) is 14.1. The smallest absolute Gasteiger partial charge is 0.137 e. The molecule has 1 atom stereocenters. The van der Waals surface area contributed by atoms with Gasteiger partial charge in [-0.1, -0.05) is 18.6 Å². The number of nitrogens with two attached hydrogens (primary N) is 1. The van der Waals surface area contributed by atoms with Crippen molar-refractivity contribution in [3.05, 3.63) is 59.2 Å². The van der Waals surface area contributed by atoms with Crippen molar-refractivity contribution < 1.29 is 8.83 Å². The molecule has 2 heterocycles. The van der Waals surface area contributed by atoms with Crippen molar-refractivity contribution in [2.75, 3.05) is 0 Å². The Labute approximate surface area is 117 Å². The second kappa shape index (κ2) is 5.15. The standard InChI is InChI=1S/C16H18N2O2/c1-3-12-5-7-14(19-12)16(18-17)15-9-11-8-10(2)4-6-13(11)20-15/h4-9,16,18H,3,17H2,1-2H3. The molecule has 3 aromatic rings. The molecule has 0 bridgehead atoms. The van der Waals surface area contributed by atoms with Crippen LogP contribution in [0.25, 0.3) is 11.0 Å². The minimum Gasteiger partial charge on any atom is -0.464 e. The highest BCUT2D eigenvalue weighted by molar-refractivity contribution is 5.78. The molecule has 104 valence electrons. The van der Waals surface area contributed by atoms with Crippen LogP contribution >= 0.6 is 0 Å². The zero-order valence-electron chi connectivity index (χ0n) is 11.6. The lowest BCUT2D eigenvalue weighted by Gasteiger charge is -2.09. The number of aryl methyl sites for hydroxylation is 2. The van der Waals surface area contributed by atoms with Crippen LogP contribution in [0.1, 0.15) is 35.8 Å². The van der Waals surface area contributed by atoms with Crippen molar-refractivity contribution >= 4 is 11.0 Å². The number of hydrogen-bond donors (Lipinski definition) is 2. The topological polar surface area (TPSA) is 64.3 Å². The molecule has 1 unspecified atom stereocenters. The third-order valence-corrected chi connectivity index (χ3v) is 3.46. The first-order chi connectivity index (χ1) is 9.71. The van der Waals surface area contributed by atoms with Crippen LogP contribution < -0.4 is 11.3 Å². The number of hydrogen-bond acceptors (Lipinski definition) is 4. The van der Waals surface area contributed by atoms with Gasteiger partial charge >= 0.3 is 0 Å². The molecular weight excluding hydrogens is 252 g/mol. The van der Waals surface area contributed by atoms with E-state index in [1.165, 1.54) is 5.56 Å². The maximum atomic E-state index is 5.87. The highest BCUT2D eigenvalue weighted by Crippen LogP contribution is 2.29. The number of fused-ring (bicyclic) bond motifs is 1. The molecule has 4 heteroatoms. The summed E-state index contributed by atoms with van der Waals surface area (Å²) in [6.45, 7) is 4.11. The number of benzene rings is 1. The fraction of sp³-hybridized carbons (Fsp3) is 0.250. The summed E-state index contributed by atoms with van der Waals surface area (Å²) in [6.07, 6.45) is 0.858. The highest BCUT2D eigenvalue weighted by atomic mass is 16.4. The van der Waals surface area contributed by atoms with E-state index < -0.39 is 0 Å². The van der Waals surface area contributed by atoms with E-state index >= 15 is 0 Å². The van der Waals surface area contributed by atoms with Crippen LogP contribution in [0.2, 0.25) is 0 Å². The number of hydrazine groups is 1. The van der Waals surface area contributed by atoms with Crippen molar-refractivity contribution in [3.8, 4) is 0 Å². The summed E-state index contributed by atoms with van der Waals surface area (Å²) in [5, 5.41) is 1.07. The SMILES string of the molecule is CCc1ccc(C(NN)c2cc3cc(C)ccc3o2)o1. The van der Waals surface area contributed by atoms with E-state index in [0.29, 0.717) is 0 Å². The number of rotatable bonds is 4. The molecule has 1 aromatic carbocycles. The quantitative estimate of drug-likeness (QED) is 0.563. The van der Waals surface area contributed by atoms with Gasteiger partial charge in [0.15, 0.2) is 0 Å². The number of furan rings is 2. The Balaban J connectivity index is 2.02. The molecule has 0 saturated heterocycles. The lowest BCUT2D eigenvalue weighted by atomic mass is 10.1. The fourth-order valence-corrected chi connectivity index (χ4v) is 2.37. The molecule has 0 saturated carbocycles. The molecule has 0 amide bonds. The van der Waals surface area contributed by atoms with Gasteiger partial charge in [-0.25, -0.2) is 5.43 Å². The van der Waals surface area contributed by atoms with E-state index in [2.05, 4.69) is 25.3 Å². The van der Waals surface area contributed by atoms with Crippen LogP contribution in [0.5, 0.6) is 0 Å². The van der Waals surface area contributed by atoms with Gasteiger partial charge in [0.1, 0.15) is 28.9 Å². The van der Waals surface area contributed by atoms with E-state index in [4.69, 9.17) is 14.7 Å². The van der Waals surface area contributed by atoms with Crippen LogP contribution in [-0.4, -0.2) is 0 Å². The average Bonchev–Trinajstić information content (AvgIpc) is 3.06. The van der Waals surface area contributed by atoms with Crippen molar-refractivity contribution in [3.63, 3.8) is 0 Å². The molecule has 3 N–H and O–H groups in total. The fourth-order valence-electron chi connectivity index (χ4n) is 2.37. The first-order valence-electron chi connectivity index (χ1n) is 6.76. The van der Waals surface area contributed by atoms with Crippen molar-refractivity contribution in [2.24, 2.45) is 5.84 Å². The number of nitrogens with one attached hydrogen (secondary N) is 1. The van der Waals surface area contributed by atoms with Crippen molar-refractivity contribution in [1.29, 1.82) is 0 Å². The summed E-state index contributed by atoms with van der Waals surface area (Å²) >= 11 is 0. The van der Waals surface area contributed by atoms with Crippen LogP contribution in [0.3, 0.4) is 0 Å². The predicted octanol–water partition coefficient (Wildman–Crippen LogP) is 3.45. The predicted molar refractivity (Wildman–Crippen MR) is 78.2 cm³/mol. The Bertz CT molecular complexity index is 727. The lowest BCUT2D eigenvalue weighted by molar-refractivity contribution is 0.389. The van der Waals surface area contributed by atoms with Gasteiger partial charge in [0.2, 0.25) is 0 Å². The average molecular weight is 270 g/mol. The Morgan fingerprint density at radius 3 is 2.65 bits per heavy atom. The summed E-state index contributed by atoms with van der Waals surface area (Å²) < 4.78 is 11.6. The molecule has 0 radical (unpaired) electrons. The molecular formula is C16H18N2O2. The second-order valence-corrected chi connectivity index (χ2v) is 4.95. The Morgan fingerprint density at radius 2 is 1.95 bits per heavy atom. The Morgan fingerprint density at radius 1 is 1.10 bits per heavy atom. The minimum atomic E-state index is -0.275. The van der Waals surface area contributed by atoms with Crippen molar-refractivity contribution in [1.82, 2.24) is 5.43 Å². The van der Waals surface area contributed by atoms with E-state index in [1.54, 1.807) is 0 Å². The summed E-state index contributed by atoms with van der Waals surface area (Å²) in [5.74, 6) is 8.13. The largest absolute Gasteiger partial charge is 0.464 e. The van der Waals surface area contributed by atoms with Gasteiger partial charge < -0.3 is 8.83 Å². The molecule has 0 spiro atoms. The molecule has 0 aliphatic carbocycles. The molecule has 2 aromatic heterocycles. The molecule has 0 fully saturated rings. The van der Waals surface area contributed by atoms with Gasteiger partial charge in [0, 0.05) is 11.8 Å². The van der Waals surface area contributed by atoms with Crippen LogP contribution in [0.15, 0.2) is 45.2 Å². The van der Waals surface area contributed by atoms with Crippen LogP contribution in [-0.2, 0) is 6.42 Å². The molecule has 0 aliphatic heterocycles. The van der Waals surface area contributed by atoms with Gasteiger partial charge in [0.25, 0.3) is 0 Å². The normalized spacial score (nSPS) is 12.9. The summed E-state index contributed by atoms with van der Waals surface area (Å²) in [6, 6.07) is 11.7. The lowest BCUT2D eigenvalue weighted by Crippen LogP contribution is -2.28. The third kappa shape index (κ3) is 2.24. The first-order valence-corrected chi connectivity index (χ1v) is 6.76. The van der Waals surface area contributed by atoms with E-state index in [9.17, 15) is 0 Å². The maximum absolute atomic E-state index is 5.87. The van der Waals surface area contributed by atoms with Crippen LogP contribution in [0, 0.1) is 6.92 Å². The Hall–Kier alpha value is -2.04. The van der Waals surface area contributed by atoms with E-state index in [-0.39, 0.29) is 6.04 Å². The van der Waals surface area contributed by atoms with E-state index in [0.717, 1.165) is 34.7 Å². The first kappa shape index (κ1) is 13.0. The van der Waals surface area contributed by atoms with Gasteiger partial charge in [-0.15, -0.1) is 0 Å². The van der Waals surface area contributed by atoms with Gasteiger partial charge in [-0.3, -0.25) is 5.84 Å². The zero-order valence-corrected chi connectivity index (χ0v) is 11.6. The summed E-state index contributed by atoms with van der Waals surface area (Å²) in [7, 11) is 0. The Kier molecular flexibility index (Phi) is 3.34. The minimum absolute atomic E-state index is 0.275. The van der Waals surface area contributed by atoms with Crippen LogP contribution in [0.4, 0.5) is 0 Å². The van der Waals surface area contributed by atoms with E-state index in [1.807, 2.05) is 30.3 Å². The highest BCUT2D eigenvalue weighted by Gasteiger charge is 2.20. The van der Waals surface area contributed by atoms with Gasteiger partial charge in [0.05, 0.1) is 0 Å². The molecule has 20 heavy (non-hydrogen) atoms. The summed E-state index contributed by atoms with van der Waals surface area (Å²) in [4.78, 5) is 0. The summed E-state index contributed by atoms with van der Waals surface area (Å²) in [5.41, 5.74) is 4.82. The molecule has 3 rings (SSSR count). The molecule has 4 nitrogen and oxygen atoms in total. The van der Waals surface area contributed by atoms with Gasteiger partial charge in [-0.2, -0.15) is 0 Å². The van der Waals surface area contributed by atoms with Crippen molar-refractivity contribution in [2.45, 2.75) is 26.3 Å². The monoisotopic (exact) mass is 270 g/mol. The van der Waals surface area contributed by atoms with Gasteiger partial charge in [-0.05, 0) is 37.3 Å². The second-order valence-electron chi connectivity index (χ2n) is 4.95. The third-order valence-electron chi connectivity index (χ3n) is 3.46. The molecule has 0 aliphatic rings.